The van der Waals surface area contributed by atoms with Crippen molar-refractivity contribution in [3.05, 3.63) is 52.4 Å². The molecule has 0 aliphatic heterocycles. The Kier molecular flexibility index (Phi) is 3.08. The maximum atomic E-state index is 4.08. The van der Waals surface area contributed by atoms with E-state index in [0.29, 0.717) is 0 Å². The Labute approximate surface area is 85.6 Å². The zero-order valence-corrected chi connectivity index (χ0v) is 8.93. The Morgan fingerprint density at radius 3 is 2.36 bits per heavy atom. The van der Waals surface area contributed by atoms with Crippen LogP contribution in [-0.2, 0) is 0 Å². The Morgan fingerprint density at radius 2 is 1.86 bits per heavy atom. The molecule has 1 rings (SSSR count). The Balaban J connectivity index is 3.75. The summed E-state index contributed by atoms with van der Waals surface area (Å²) in [5, 5.41) is 2.24. The molecule has 0 heterocycles. The van der Waals surface area contributed by atoms with Crippen molar-refractivity contribution in [1.29, 1.82) is 0 Å². The molecule has 0 unspecified atom stereocenters. The number of aryl methyl sites for hydroxylation is 1. The van der Waals surface area contributed by atoms with Gasteiger partial charge < -0.3 is 0 Å². The summed E-state index contributed by atoms with van der Waals surface area (Å²) < 4.78 is 0. The van der Waals surface area contributed by atoms with E-state index in [2.05, 4.69) is 39.7 Å². The molecule has 0 saturated carbocycles. The number of allylic oxidation sites excluding steroid dienone is 1. The summed E-state index contributed by atoms with van der Waals surface area (Å²) in [6.07, 6.45) is 5.66. The van der Waals surface area contributed by atoms with E-state index in [4.69, 9.17) is 0 Å². The largest absolute Gasteiger partial charge is 0.0990 e. The molecule has 0 amide bonds. The molecule has 0 spiro atoms. The first kappa shape index (κ1) is 10.5. The van der Waals surface area contributed by atoms with Gasteiger partial charge >= 0.3 is 0 Å². The number of hydrogen-bond acceptors (Lipinski definition) is 0. The molecule has 0 saturated heterocycles. The summed E-state index contributed by atoms with van der Waals surface area (Å²) in [7, 11) is 0. The third-order valence-electron chi connectivity index (χ3n) is 2.51. The molecule has 0 aromatic heterocycles. The fourth-order valence-corrected chi connectivity index (χ4v) is 1.60. The molecular weight excluding hydrogens is 168 g/mol. The van der Waals surface area contributed by atoms with Crippen LogP contribution in [0.3, 0.4) is 0 Å². The standard InChI is InChI=1S/C14H16/c1-6-8-14-10(3)9-13(7-2)11(4)12(14)5/h6-9H,1-2,5H2,3-4H3/b14-8-. The minimum atomic E-state index is 1.07. The van der Waals surface area contributed by atoms with Crippen LogP contribution in [0, 0.1) is 13.8 Å². The summed E-state index contributed by atoms with van der Waals surface area (Å²) in [4.78, 5) is 0. The molecule has 72 valence electrons. The van der Waals surface area contributed by atoms with E-state index in [1.54, 1.807) is 6.08 Å². The van der Waals surface area contributed by atoms with E-state index >= 15 is 0 Å². The average molecular weight is 184 g/mol. The van der Waals surface area contributed by atoms with E-state index in [0.717, 1.165) is 10.8 Å². The predicted octanol–water partition coefficient (Wildman–Crippen LogP) is 2.32. The van der Waals surface area contributed by atoms with Crippen LogP contribution in [-0.4, -0.2) is 0 Å². The van der Waals surface area contributed by atoms with Gasteiger partial charge in [-0.2, -0.15) is 0 Å². The van der Waals surface area contributed by atoms with Crippen molar-refractivity contribution in [3.63, 3.8) is 0 Å². The molecule has 0 nitrogen and oxygen atoms in total. The first-order valence-corrected chi connectivity index (χ1v) is 4.66. The second-order valence-corrected chi connectivity index (χ2v) is 3.41. The van der Waals surface area contributed by atoms with E-state index < -0.39 is 0 Å². The zero-order valence-electron chi connectivity index (χ0n) is 8.93. The van der Waals surface area contributed by atoms with Gasteiger partial charge in [-0.1, -0.05) is 44.0 Å². The lowest BCUT2D eigenvalue weighted by molar-refractivity contribution is 1.29. The molecule has 0 aliphatic carbocycles. The molecule has 14 heavy (non-hydrogen) atoms. The third kappa shape index (κ3) is 1.69. The number of benzene rings is 1. The monoisotopic (exact) mass is 184 g/mol. The maximum absolute atomic E-state index is 4.08. The average Bonchev–Trinajstić information content (AvgIpc) is 2.18. The summed E-state index contributed by atoms with van der Waals surface area (Å²) >= 11 is 0. The van der Waals surface area contributed by atoms with E-state index in [-0.39, 0.29) is 0 Å². The van der Waals surface area contributed by atoms with Crippen LogP contribution >= 0.6 is 0 Å². The van der Waals surface area contributed by atoms with Crippen molar-refractivity contribution in [1.82, 2.24) is 0 Å². The van der Waals surface area contributed by atoms with Crippen LogP contribution in [0.5, 0.6) is 0 Å². The van der Waals surface area contributed by atoms with E-state index in [9.17, 15) is 0 Å². The van der Waals surface area contributed by atoms with Gasteiger partial charge in [0, 0.05) is 0 Å². The fourth-order valence-electron chi connectivity index (χ4n) is 1.60. The quantitative estimate of drug-likeness (QED) is 0.661. The SMILES string of the molecule is C=C/C=c1/c(C)cc(C=C)c(C)c1=C. The van der Waals surface area contributed by atoms with Crippen molar-refractivity contribution in [2.45, 2.75) is 13.8 Å². The highest BCUT2D eigenvalue weighted by Gasteiger charge is 1.98. The van der Waals surface area contributed by atoms with Crippen molar-refractivity contribution in [2.75, 3.05) is 0 Å². The highest BCUT2D eigenvalue weighted by Crippen LogP contribution is 2.04. The first-order chi connectivity index (χ1) is 6.61. The van der Waals surface area contributed by atoms with Crippen LogP contribution in [0.4, 0.5) is 0 Å². The van der Waals surface area contributed by atoms with Gasteiger partial charge in [-0.15, -0.1) is 0 Å². The number of hydrogen-bond donors (Lipinski definition) is 0. The van der Waals surface area contributed by atoms with Crippen LogP contribution in [0.1, 0.15) is 16.7 Å². The predicted molar refractivity (Wildman–Crippen MR) is 65.4 cm³/mol. The van der Waals surface area contributed by atoms with Gasteiger partial charge in [-0.3, -0.25) is 0 Å². The lowest BCUT2D eigenvalue weighted by Crippen LogP contribution is -2.29. The second kappa shape index (κ2) is 4.10. The summed E-state index contributed by atoms with van der Waals surface area (Å²) in [6, 6.07) is 2.13. The fraction of sp³-hybridized carbons (Fsp3) is 0.143. The minimum absolute atomic E-state index is 1.07. The molecule has 0 bridgehead atoms. The van der Waals surface area contributed by atoms with Gasteiger partial charge in [0.2, 0.25) is 0 Å². The molecule has 1 aromatic carbocycles. The van der Waals surface area contributed by atoms with Crippen molar-refractivity contribution in [2.24, 2.45) is 0 Å². The minimum Gasteiger partial charge on any atom is -0.0990 e. The van der Waals surface area contributed by atoms with E-state index in [1.165, 1.54) is 16.3 Å². The zero-order chi connectivity index (χ0) is 10.7. The van der Waals surface area contributed by atoms with Crippen LogP contribution in [0.2, 0.25) is 0 Å². The smallest absolute Gasteiger partial charge is 0.0158 e. The van der Waals surface area contributed by atoms with Gasteiger partial charge in [-0.05, 0) is 41.0 Å². The van der Waals surface area contributed by atoms with Gasteiger partial charge in [0.25, 0.3) is 0 Å². The highest BCUT2D eigenvalue weighted by atomic mass is 14.0. The molecule has 1 aromatic rings. The van der Waals surface area contributed by atoms with Crippen molar-refractivity contribution >= 4 is 18.7 Å². The van der Waals surface area contributed by atoms with Crippen LogP contribution in [0.15, 0.2) is 25.3 Å². The Hall–Kier alpha value is -1.56. The molecule has 0 radical (unpaired) electrons. The molecule has 0 heteroatoms. The molecule has 0 N–H and O–H groups in total. The lowest BCUT2D eigenvalue weighted by Gasteiger charge is -2.04. The Morgan fingerprint density at radius 1 is 1.21 bits per heavy atom. The second-order valence-electron chi connectivity index (χ2n) is 3.41. The van der Waals surface area contributed by atoms with Crippen LogP contribution in [0.25, 0.3) is 18.7 Å². The lowest BCUT2D eigenvalue weighted by atomic mass is 10.0. The normalized spacial score (nSPS) is 11.4. The number of rotatable bonds is 2. The summed E-state index contributed by atoms with van der Waals surface area (Å²) in [5.41, 5.74) is 3.57. The molecular formula is C14H16. The third-order valence-corrected chi connectivity index (χ3v) is 2.51. The van der Waals surface area contributed by atoms with Gasteiger partial charge in [0.1, 0.15) is 0 Å². The van der Waals surface area contributed by atoms with Gasteiger partial charge in [0.15, 0.2) is 0 Å². The summed E-state index contributed by atoms with van der Waals surface area (Å²) in [5.74, 6) is 0. The summed E-state index contributed by atoms with van der Waals surface area (Å²) in [6.45, 7) is 15.7. The first-order valence-electron chi connectivity index (χ1n) is 4.66. The highest BCUT2D eigenvalue weighted by molar-refractivity contribution is 5.55. The van der Waals surface area contributed by atoms with E-state index in [1.807, 2.05) is 12.2 Å². The maximum Gasteiger partial charge on any atom is -0.0158 e. The van der Waals surface area contributed by atoms with Gasteiger partial charge in [0.05, 0.1) is 0 Å². The van der Waals surface area contributed by atoms with Crippen LogP contribution < -0.4 is 10.4 Å². The van der Waals surface area contributed by atoms with Crippen molar-refractivity contribution in [3.8, 4) is 0 Å². The Bertz CT molecular complexity index is 476. The van der Waals surface area contributed by atoms with Gasteiger partial charge in [-0.25, -0.2) is 0 Å². The molecule has 0 fully saturated rings. The molecule has 0 atom stereocenters. The van der Waals surface area contributed by atoms with Crippen molar-refractivity contribution < 1.29 is 0 Å². The molecule has 0 aliphatic rings. The topological polar surface area (TPSA) is 0 Å².